The molecular weight excluding hydrogens is 342 g/mol. The lowest BCUT2D eigenvalue weighted by Crippen LogP contribution is -2.52. The quantitative estimate of drug-likeness (QED) is 0.795. The lowest BCUT2D eigenvalue weighted by Gasteiger charge is -2.41. The molecule has 2 heterocycles. The van der Waals surface area contributed by atoms with Crippen molar-refractivity contribution in [2.45, 2.75) is 25.0 Å². The van der Waals surface area contributed by atoms with Gasteiger partial charge in [-0.1, -0.05) is 12.1 Å². The Morgan fingerprint density at radius 3 is 2.41 bits per heavy atom. The molecule has 0 spiro atoms. The molecule has 142 valence electrons. The molecule has 2 aliphatic heterocycles. The smallest absolute Gasteiger partial charge is 0.255 e. The van der Waals surface area contributed by atoms with Crippen molar-refractivity contribution in [2.24, 2.45) is 0 Å². The zero-order chi connectivity index (χ0) is 18.6. The summed E-state index contributed by atoms with van der Waals surface area (Å²) < 4.78 is 11.4. The second-order valence-electron chi connectivity index (χ2n) is 7.11. The molecular formula is C21H25N3O3. The van der Waals surface area contributed by atoms with E-state index in [0.717, 1.165) is 44.9 Å². The normalized spacial score (nSPS) is 18.7. The molecule has 0 aromatic heterocycles. The van der Waals surface area contributed by atoms with E-state index in [4.69, 9.17) is 15.2 Å². The van der Waals surface area contributed by atoms with Gasteiger partial charge in [-0.15, -0.1) is 0 Å². The third kappa shape index (κ3) is 4.23. The predicted octanol–water partition coefficient (Wildman–Crippen LogP) is 2.76. The van der Waals surface area contributed by atoms with E-state index in [1.807, 2.05) is 24.3 Å². The Labute approximate surface area is 159 Å². The van der Waals surface area contributed by atoms with Gasteiger partial charge in [-0.05, 0) is 49.2 Å². The second-order valence-corrected chi connectivity index (χ2v) is 7.11. The largest absolute Gasteiger partial charge is 0.490 e. The number of para-hydroxylation sites is 2. The number of amides is 1. The molecule has 3 N–H and O–H groups in total. The van der Waals surface area contributed by atoms with E-state index in [1.165, 1.54) is 0 Å². The highest BCUT2D eigenvalue weighted by Crippen LogP contribution is 2.23. The van der Waals surface area contributed by atoms with Gasteiger partial charge in [0.25, 0.3) is 5.91 Å². The molecule has 2 saturated heterocycles. The SMILES string of the molecule is Nc1ccccc1NC(=O)c1ccc(OC2CCN(C3COC3)CC2)cc1. The number of rotatable bonds is 5. The van der Waals surface area contributed by atoms with Gasteiger partial charge >= 0.3 is 0 Å². The zero-order valence-electron chi connectivity index (χ0n) is 15.3. The van der Waals surface area contributed by atoms with E-state index in [-0.39, 0.29) is 12.0 Å². The number of ether oxygens (including phenoxy) is 2. The van der Waals surface area contributed by atoms with Crippen LogP contribution in [0, 0.1) is 0 Å². The van der Waals surface area contributed by atoms with Crippen LogP contribution in [-0.2, 0) is 4.74 Å². The molecule has 4 rings (SSSR count). The maximum Gasteiger partial charge on any atom is 0.255 e. The Bertz CT molecular complexity index is 782. The number of hydrogen-bond acceptors (Lipinski definition) is 5. The number of benzene rings is 2. The zero-order valence-corrected chi connectivity index (χ0v) is 15.3. The Balaban J connectivity index is 1.30. The first-order valence-electron chi connectivity index (χ1n) is 9.43. The summed E-state index contributed by atoms with van der Waals surface area (Å²) in [5, 5.41) is 2.83. The van der Waals surface area contributed by atoms with E-state index >= 15 is 0 Å². The number of hydrogen-bond donors (Lipinski definition) is 2. The second kappa shape index (κ2) is 7.98. The van der Waals surface area contributed by atoms with E-state index < -0.39 is 0 Å². The maximum atomic E-state index is 12.4. The van der Waals surface area contributed by atoms with Crippen LogP contribution in [0.4, 0.5) is 11.4 Å². The van der Waals surface area contributed by atoms with Gasteiger partial charge < -0.3 is 20.5 Å². The van der Waals surface area contributed by atoms with E-state index in [9.17, 15) is 4.79 Å². The van der Waals surface area contributed by atoms with E-state index in [1.54, 1.807) is 24.3 Å². The number of nitrogens with zero attached hydrogens (tertiary/aromatic N) is 1. The third-order valence-electron chi connectivity index (χ3n) is 5.24. The van der Waals surface area contributed by atoms with Crippen molar-refractivity contribution < 1.29 is 14.3 Å². The summed E-state index contributed by atoms with van der Waals surface area (Å²) in [5.41, 5.74) is 7.61. The topological polar surface area (TPSA) is 76.8 Å². The number of carbonyl (C=O) groups excluding carboxylic acids is 1. The molecule has 27 heavy (non-hydrogen) atoms. The number of carbonyl (C=O) groups is 1. The van der Waals surface area contributed by atoms with Gasteiger partial charge in [-0.2, -0.15) is 0 Å². The summed E-state index contributed by atoms with van der Waals surface area (Å²) in [4.78, 5) is 14.9. The van der Waals surface area contributed by atoms with Crippen molar-refractivity contribution in [3.63, 3.8) is 0 Å². The van der Waals surface area contributed by atoms with Crippen molar-refractivity contribution in [2.75, 3.05) is 37.4 Å². The first-order valence-corrected chi connectivity index (χ1v) is 9.43. The highest BCUT2D eigenvalue weighted by Gasteiger charge is 2.30. The molecule has 0 saturated carbocycles. The molecule has 2 fully saturated rings. The van der Waals surface area contributed by atoms with Gasteiger partial charge in [0.1, 0.15) is 11.9 Å². The standard InChI is InChI=1S/C21H25N3O3/c22-19-3-1-2-4-20(19)23-21(25)15-5-7-17(8-6-15)27-18-9-11-24(12-10-18)16-13-26-14-16/h1-8,16,18H,9-14,22H2,(H,23,25). The monoisotopic (exact) mass is 367 g/mol. The average molecular weight is 367 g/mol. The van der Waals surface area contributed by atoms with Crippen LogP contribution in [-0.4, -0.2) is 49.3 Å². The maximum absolute atomic E-state index is 12.4. The molecule has 2 aromatic rings. The lowest BCUT2D eigenvalue weighted by atomic mass is 10.0. The fourth-order valence-corrected chi connectivity index (χ4v) is 3.48. The van der Waals surface area contributed by atoms with Crippen LogP contribution in [0.2, 0.25) is 0 Å². The fraction of sp³-hybridized carbons (Fsp3) is 0.381. The van der Waals surface area contributed by atoms with Crippen LogP contribution in [0.15, 0.2) is 48.5 Å². The van der Waals surface area contributed by atoms with E-state index in [2.05, 4.69) is 10.2 Å². The van der Waals surface area contributed by atoms with Crippen LogP contribution in [0.25, 0.3) is 0 Å². The molecule has 6 nitrogen and oxygen atoms in total. The number of nitrogens with two attached hydrogens (primary N) is 1. The number of piperidine rings is 1. The highest BCUT2D eigenvalue weighted by atomic mass is 16.5. The van der Waals surface area contributed by atoms with E-state index in [0.29, 0.717) is 23.0 Å². The van der Waals surface area contributed by atoms with Gasteiger partial charge in [-0.3, -0.25) is 9.69 Å². The predicted molar refractivity (Wildman–Crippen MR) is 105 cm³/mol. The van der Waals surface area contributed by atoms with Crippen LogP contribution in [0.3, 0.4) is 0 Å². The first kappa shape index (κ1) is 17.8. The Kier molecular flexibility index (Phi) is 5.27. The molecule has 2 aliphatic rings. The summed E-state index contributed by atoms with van der Waals surface area (Å²) in [5.74, 6) is 0.617. The van der Waals surface area contributed by atoms with Gasteiger partial charge in [-0.25, -0.2) is 0 Å². The summed E-state index contributed by atoms with van der Waals surface area (Å²) in [6, 6.07) is 15.1. The third-order valence-corrected chi connectivity index (χ3v) is 5.24. The van der Waals surface area contributed by atoms with Gasteiger partial charge in [0.15, 0.2) is 0 Å². The summed E-state index contributed by atoms with van der Waals surface area (Å²) in [7, 11) is 0. The van der Waals surface area contributed by atoms with Crippen LogP contribution in [0.1, 0.15) is 23.2 Å². The van der Waals surface area contributed by atoms with Crippen molar-refractivity contribution in [1.29, 1.82) is 0 Å². The molecule has 0 radical (unpaired) electrons. The number of likely N-dealkylation sites (tertiary alicyclic amines) is 1. The van der Waals surface area contributed by atoms with Crippen molar-refractivity contribution in [3.05, 3.63) is 54.1 Å². The highest BCUT2D eigenvalue weighted by molar-refractivity contribution is 6.05. The molecule has 6 heteroatoms. The van der Waals surface area contributed by atoms with Crippen molar-refractivity contribution in [1.82, 2.24) is 4.90 Å². The fourth-order valence-electron chi connectivity index (χ4n) is 3.48. The molecule has 2 aromatic carbocycles. The lowest BCUT2D eigenvalue weighted by molar-refractivity contribution is -0.0778. The van der Waals surface area contributed by atoms with Gasteiger partial charge in [0.2, 0.25) is 0 Å². The minimum absolute atomic E-state index is 0.185. The number of nitrogens with one attached hydrogen (secondary N) is 1. The van der Waals surface area contributed by atoms with Crippen LogP contribution in [0.5, 0.6) is 5.75 Å². The summed E-state index contributed by atoms with van der Waals surface area (Å²) >= 11 is 0. The van der Waals surface area contributed by atoms with Crippen molar-refractivity contribution in [3.8, 4) is 5.75 Å². The molecule has 1 amide bonds. The van der Waals surface area contributed by atoms with Crippen LogP contribution < -0.4 is 15.8 Å². The Morgan fingerprint density at radius 2 is 1.78 bits per heavy atom. The average Bonchev–Trinajstić information content (AvgIpc) is 2.64. The molecule has 0 atom stereocenters. The number of nitrogen functional groups attached to an aromatic ring is 1. The van der Waals surface area contributed by atoms with Gasteiger partial charge in [0, 0.05) is 18.7 Å². The summed E-state index contributed by atoms with van der Waals surface area (Å²) in [6.07, 6.45) is 2.27. The minimum atomic E-state index is -0.185. The van der Waals surface area contributed by atoms with Crippen LogP contribution >= 0.6 is 0 Å². The van der Waals surface area contributed by atoms with Gasteiger partial charge in [0.05, 0.1) is 30.6 Å². The first-order chi connectivity index (χ1) is 13.2. The van der Waals surface area contributed by atoms with Crippen molar-refractivity contribution >= 4 is 17.3 Å². The molecule has 0 aliphatic carbocycles. The minimum Gasteiger partial charge on any atom is -0.490 e. The molecule has 0 bridgehead atoms. The Hall–Kier alpha value is -2.57. The Morgan fingerprint density at radius 1 is 1.07 bits per heavy atom. The summed E-state index contributed by atoms with van der Waals surface area (Å²) in [6.45, 7) is 3.84. The number of anilines is 2. The molecule has 0 unspecified atom stereocenters.